The Labute approximate surface area is 297 Å². The Morgan fingerprint density at radius 3 is 1.89 bits per heavy atom. The third kappa shape index (κ3) is 9.47. The van der Waals surface area contributed by atoms with Crippen LogP contribution in [0.15, 0.2) is 55.0 Å². The van der Waals surface area contributed by atoms with E-state index in [0.717, 1.165) is 11.0 Å². The maximum absolute atomic E-state index is 14.1. The standard InChI is InChI=1S/C33H26F12N6O3/c1-2-54-27(52)25-15-46-28(33(43,44)45)49-26(25)24-4-3-20(30(34,35)36)11-19(24)17-51(29-47-13-23(14-48-29)50-5-7-53-8-6-50)16-18-9-21(31(37,38)39)12-22(10-18)32(40,41)42/h3-4,9-15H,2,5-8,16-17H2,1H3. The summed E-state index contributed by atoms with van der Waals surface area (Å²) in [5.74, 6) is -3.42. The first-order valence-corrected chi connectivity index (χ1v) is 15.6. The summed E-state index contributed by atoms with van der Waals surface area (Å²) >= 11 is 0. The molecule has 54 heavy (non-hydrogen) atoms. The number of rotatable bonds is 9. The second kappa shape index (κ2) is 15.3. The summed E-state index contributed by atoms with van der Waals surface area (Å²) in [5.41, 5.74) is -7.44. The lowest BCUT2D eigenvalue weighted by Crippen LogP contribution is -2.36. The van der Waals surface area contributed by atoms with Crippen LogP contribution in [0.4, 0.5) is 64.3 Å². The van der Waals surface area contributed by atoms with E-state index in [2.05, 4.69) is 19.9 Å². The van der Waals surface area contributed by atoms with Crippen molar-refractivity contribution in [1.82, 2.24) is 19.9 Å². The maximum Gasteiger partial charge on any atom is 0.451 e. The molecule has 0 N–H and O–H groups in total. The number of aromatic nitrogens is 4. The van der Waals surface area contributed by atoms with Crippen molar-refractivity contribution < 1.29 is 67.0 Å². The molecule has 2 aromatic carbocycles. The molecular formula is C33H26F12N6O3. The van der Waals surface area contributed by atoms with E-state index in [9.17, 15) is 57.5 Å². The summed E-state index contributed by atoms with van der Waals surface area (Å²) in [6, 6.07) is 2.38. The van der Waals surface area contributed by atoms with Gasteiger partial charge in [0, 0.05) is 37.9 Å². The van der Waals surface area contributed by atoms with Gasteiger partial charge in [0.05, 0.1) is 60.3 Å². The Morgan fingerprint density at radius 2 is 1.35 bits per heavy atom. The highest BCUT2D eigenvalue weighted by Crippen LogP contribution is 2.39. The summed E-state index contributed by atoms with van der Waals surface area (Å²) in [6.07, 6.45) is -17.8. The van der Waals surface area contributed by atoms with Crippen LogP contribution in [-0.2, 0) is 47.3 Å². The predicted octanol–water partition coefficient (Wildman–Crippen LogP) is 8.23. The number of nitrogens with zero attached hydrogens (tertiary/aromatic N) is 6. The van der Waals surface area contributed by atoms with Gasteiger partial charge in [-0.05, 0) is 48.4 Å². The Balaban J connectivity index is 1.71. The second-order valence-electron chi connectivity index (χ2n) is 11.7. The van der Waals surface area contributed by atoms with Gasteiger partial charge in [0.25, 0.3) is 0 Å². The van der Waals surface area contributed by atoms with Crippen molar-refractivity contribution in [2.24, 2.45) is 0 Å². The highest BCUT2D eigenvalue weighted by Gasteiger charge is 2.39. The first-order valence-electron chi connectivity index (χ1n) is 15.6. The third-order valence-corrected chi connectivity index (χ3v) is 7.89. The predicted molar refractivity (Wildman–Crippen MR) is 165 cm³/mol. The molecule has 1 aliphatic heterocycles. The molecule has 0 saturated carbocycles. The monoisotopic (exact) mass is 782 g/mol. The van der Waals surface area contributed by atoms with Crippen LogP contribution in [0.1, 0.15) is 50.9 Å². The van der Waals surface area contributed by atoms with Gasteiger partial charge in [0.2, 0.25) is 11.8 Å². The molecular weight excluding hydrogens is 756 g/mol. The van der Waals surface area contributed by atoms with Crippen molar-refractivity contribution in [3.8, 4) is 11.3 Å². The van der Waals surface area contributed by atoms with E-state index in [1.54, 1.807) is 4.90 Å². The van der Waals surface area contributed by atoms with E-state index in [-0.39, 0.29) is 12.7 Å². The van der Waals surface area contributed by atoms with Crippen LogP contribution in [-0.4, -0.2) is 58.8 Å². The van der Waals surface area contributed by atoms with Crippen molar-refractivity contribution in [3.63, 3.8) is 0 Å². The van der Waals surface area contributed by atoms with Gasteiger partial charge in [-0.25, -0.2) is 24.7 Å². The zero-order valence-electron chi connectivity index (χ0n) is 27.6. The second-order valence-corrected chi connectivity index (χ2v) is 11.7. The molecule has 5 rings (SSSR count). The lowest BCUT2D eigenvalue weighted by atomic mass is 9.97. The van der Waals surface area contributed by atoms with E-state index in [1.165, 1.54) is 19.3 Å². The lowest BCUT2D eigenvalue weighted by molar-refractivity contribution is -0.145. The van der Waals surface area contributed by atoms with Crippen LogP contribution >= 0.6 is 0 Å². The SMILES string of the molecule is CCOC(=O)c1cnc(C(F)(F)F)nc1-c1ccc(C(F)(F)F)cc1CN(Cc1cc(C(F)(F)F)cc(C(F)(F)F)c1)c1ncc(N2CCOCC2)cn1. The lowest BCUT2D eigenvalue weighted by Gasteiger charge is -2.29. The van der Waals surface area contributed by atoms with Crippen LogP contribution in [0.2, 0.25) is 0 Å². The van der Waals surface area contributed by atoms with Crippen LogP contribution in [0.3, 0.4) is 0 Å². The molecule has 0 radical (unpaired) electrons. The molecule has 0 amide bonds. The van der Waals surface area contributed by atoms with Crippen LogP contribution in [0.25, 0.3) is 11.3 Å². The molecule has 1 saturated heterocycles. The maximum atomic E-state index is 14.1. The minimum atomic E-state index is -5.25. The third-order valence-electron chi connectivity index (χ3n) is 7.89. The molecule has 290 valence electrons. The molecule has 9 nitrogen and oxygen atoms in total. The average molecular weight is 783 g/mol. The summed E-state index contributed by atoms with van der Waals surface area (Å²) in [7, 11) is 0. The van der Waals surface area contributed by atoms with Gasteiger partial charge >= 0.3 is 30.7 Å². The fourth-order valence-corrected chi connectivity index (χ4v) is 5.41. The van der Waals surface area contributed by atoms with Crippen LogP contribution in [0, 0.1) is 0 Å². The van der Waals surface area contributed by atoms with Gasteiger partial charge in [0.1, 0.15) is 5.56 Å². The molecule has 2 aromatic heterocycles. The topological polar surface area (TPSA) is 93.6 Å². The number of morpholine rings is 1. The minimum Gasteiger partial charge on any atom is -0.462 e. The minimum absolute atomic E-state index is 0.114. The number of hydrogen-bond donors (Lipinski definition) is 0. The van der Waals surface area contributed by atoms with Crippen molar-refractivity contribution in [1.29, 1.82) is 0 Å². The zero-order valence-corrected chi connectivity index (χ0v) is 27.6. The Bertz CT molecular complexity index is 1930. The molecule has 0 atom stereocenters. The van der Waals surface area contributed by atoms with E-state index in [0.29, 0.717) is 62.5 Å². The van der Waals surface area contributed by atoms with Crippen LogP contribution in [0.5, 0.6) is 0 Å². The summed E-state index contributed by atoms with van der Waals surface area (Å²) in [4.78, 5) is 30.5. The molecule has 1 aliphatic rings. The zero-order chi connectivity index (χ0) is 39.6. The van der Waals surface area contributed by atoms with Crippen molar-refractivity contribution in [2.45, 2.75) is 44.7 Å². The summed E-state index contributed by atoms with van der Waals surface area (Å²) < 4.78 is 176. The van der Waals surface area contributed by atoms with Gasteiger partial charge in [-0.2, -0.15) is 52.7 Å². The highest BCUT2D eigenvalue weighted by molar-refractivity contribution is 5.96. The Hall–Kier alpha value is -5.21. The van der Waals surface area contributed by atoms with Crippen molar-refractivity contribution in [2.75, 3.05) is 42.7 Å². The average Bonchev–Trinajstić information content (AvgIpc) is 3.10. The number of ether oxygens (including phenoxy) is 2. The number of alkyl halides is 12. The molecule has 0 spiro atoms. The number of anilines is 2. The number of benzene rings is 2. The van der Waals surface area contributed by atoms with Gasteiger partial charge < -0.3 is 19.3 Å². The number of halogens is 12. The van der Waals surface area contributed by atoms with Crippen molar-refractivity contribution in [3.05, 3.63) is 94.2 Å². The van der Waals surface area contributed by atoms with Gasteiger partial charge in [-0.3, -0.25) is 0 Å². The number of carbonyl (C=O) groups excluding carboxylic acids is 1. The van der Waals surface area contributed by atoms with Crippen molar-refractivity contribution >= 4 is 17.6 Å². The number of carbonyl (C=O) groups is 1. The first kappa shape index (κ1) is 40.0. The van der Waals surface area contributed by atoms with E-state index in [4.69, 9.17) is 9.47 Å². The molecule has 1 fully saturated rings. The Morgan fingerprint density at radius 1 is 0.759 bits per heavy atom. The summed E-state index contributed by atoms with van der Waals surface area (Å²) in [5, 5.41) is 0. The normalized spacial score (nSPS) is 14.3. The van der Waals surface area contributed by atoms with E-state index in [1.807, 2.05) is 0 Å². The molecule has 4 aromatic rings. The number of esters is 1. The fraction of sp³-hybridized carbons (Fsp3) is 0.364. The molecule has 0 bridgehead atoms. The quantitative estimate of drug-likeness (QED) is 0.123. The smallest absolute Gasteiger partial charge is 0.451 e. The fourth-order valence-electron chi connectivity index (χ4n) is 5.41. The molecule has 21 heteroatoms. The molecule has 0 unspecified atom stereocenters. The van der Waals surface area contributed by atoms with Gasteiger partial charge in [-0.1, -0.05) is 6.07 Å². The van der Waals surface area contributed by atoms with Gasteiger partial charge in [-0.15, -0.1) is 0 Å². The Kier molecular flexibility index (Phi) is 11.3. The largest absolute Gasteiger partial charge is 0.462 e. The highest BCUT2D eigenvalue weighted by atomic mass is 19.4. The number of hydrogen-bond acceptors (Lipinski definition) is 9. The van der Waals surface area contributed by atoms with E-state index >= 15 is 0 Å². The van der Waals surface area contributed by atoms with E-state index < -0.39 is 100 Å². The molecule has 0 aliphatic carbocycles. The first-order chi connectivity index (χ1) is 25.1. The summed E-state index contributed by atoms with van der Waals surface area (Å²) in [6.45, 7) is 0.835. The van der Waals surface area contributed by atoms with Crippen LogP contribution < -0.4 is 9.80 Å². The van der Waals surface area contributed by atoms with Gasteiger partial charge in [0.15, 0.2) is 0 Å². The molecule has 3 heterocycles.